The van der Waals surface area contributed by atoms with Crippen LogP contribution in [0.2, 0.25) is 0 Å². The van der Waals surface area contributed by atoms with Crippen molar-refractivity contribution in [2.24, 2.45) is 11.5 Å². The second kappa shape index (κ2) is 7.73. The van der Waals surface area contributed by atoms with Crippen molar-refractivity contribution in [3.63, 3.8) is 0 Å². The standard InChI is InChI=1S/C9H22N4O/c1-12(7-4-10)5-3-6-13(2)8-9(11)14/h3-8,10H2,1-2H3,(H2,11,14). The summed E-state index contributed by atoms with van der Waals surface area (Å²) in [6, 6.07) is 0. The monoisotopic (exact) mass is 202 g/mol. The molecule has 14 heavy (non-hydrogen) atoms. The van der Waals surface area contributed by atoms with Crippen molar-refractivity contribution < 1.29 is 4.79 Å². The van der Waals surface area contributed by atoms with Crippen LogP contribution in [0.1, 0.15) is 6.42 Å². The Morgan fingerprint density at radius 1 is 1.14 bits per heavy atom. The fourth-order valence-electron chi connectivity index (χ4n) is 1.29. The maximum atomic E-state index is 10.6. The number of nitrogens with zero attached hydrogens (tertiary/aromatic N) is 2. The highest BCUT2D eigenvalue weighted by atomic mass is 16.1. The van der Waals surface area contributed by atoms with Crippen LogP contribution in [0.3, 0.4) is 0 Å². The second-order valence-corrected chi connectivity index (χ2v) is 3.65. The number of hydrogen-bond donors (Lipinski definition) is 2. The van der Waals surface area contributed by atoms with Gasteiger partial charge in [-0.1, -0.05) is 0 Å². The molecule has 0 aliphatic rings. The molecule has 0 unspecified atom stereocenters. The predicted molar refractivity (Wildman–Crippen MR) is 57.9 cm³/mol. The van der Waals surface area contributed by atoms with Crippen LogP contribution in [0.15, 0.2) is 0 Å². The van der Waals surface area contributed by atoms with E-state index in [1.165, 1.54) is 0 Å². The van der Waals surface area contributed by atoms with Crippen LogP contribution >= 0.6 is 0 Å². The normalized spacial score (nSPS) is 11.2. The molecule has 0 aliphatic heterocycles. The molecule has 0 atom stereocenters. The fraction of sp³-hybridized carbons (Fsp3) is 0.889. The number of amides is 1. The summed E-state index contributed by atoms with van der Waals surface area (Å²) in [5.41, 5.74) is 10.5. The largest absolute Gasteiger partial charge is 0.369 e. The average molecular weight is 202 g/mol. The van der Waals surface area contributed by atoms with E-state index >= 15 is 0 Å². The first kappa shape index (κ1) is 13.4. The molecule has 4 N–H and O–H groups in total. The predicted octanol–water partition coefficient (Wildman–Crippen LogP) is -1.32. The summed E-state index contributed by atoms with van der Waals surface area (Å²) in [7, 11) is 3.94. The van der Waals surface area contributed by atoms with Crippen LogP contribution in [0.4, 0.5) is 0 Å². The SMILES string of the molecule is CN(CCN)CCCN(C)CC(N)=O. The summed E-state index contributed by atoms with van der Waals surface area (Å²) in [5.74, 6) is -0.275. The van der Waals surface area contributed by atoms with E-state index in [0.29, 0.717) is 13.1 Å². The minimum Gasteiger partial charge on any atom is -0.369 e. The van der Waals surface area contributed by atoms with Gasteiger partial charge in [-0.15, -0.1) is 0 Å². The molecule has 0 aromatic heterocycles. The van der Waals surface area contributed by atoms with E-state index in [-0.39, 0.29) is 5.91 Å². The highest BCUT2D eigenvalue weighted by Gasteiger charge is 2.02. The molecular formula is C9H22N4O. The fourth-order valence-corrected chi connectivity index (χ4v) is 1.29. The van der Waals surface area contributed by atoms with Gasteiger partial charge in [0.15, 0.2) is 0 Å². The Kier molecular flexibility index (Phi) is 7.37. The van der Waals surface area contributed by atoms with Crippen LogP contribution in [0, 0.1) is 0 Å². The maximum absolute atomic E-state index is 10.6. The highest BCUT2D eigenvalue weighted by Crippen LogP contribution is 1.90. The molecule has 0 saturated heterocycles. The van der Waals surface area contributed by atoms with E-state index in [2.05, 4.69) is 4.90 Å². The molecule has 0 aliphatic carbocycles. The maximum Gasteiger partial charge on any atom is 0.231 e. The minimum absolute atomic E-state index is 0.275. The van der Waals surface area contributed by atoms with E-state index in [4.69, 9.17) is 11.5 Å². The average Bonchev–Trinajstić information content (AvgIpc) is 2.02. The van der Waals surface area contributed by atoms with Gasteiger partial charge in [0, 0.05) is 13.1 Å². The summed E-state index contributed by atoms with van der Waals surface area (Å²) < 4.78 is 0. The van der Waals surface area contributed by atoms with Crippen molar-refractivity contribution in [2.75, 3.05) is 46.8 Å². The lowest BCUT2D eigenvalue weighted by atomic mass is 10.3. The number of hydrogen-bond acceptors (Lipinski definition) is 4. The Hall–Kier alpha value is -0.650. The molecule has 0 bridgehead atoms. The third kappa shape index (κ3) is 7.97. The summed E-state index contributed by atoms with van der Waals surface area (Å²) in [5, 5.41) is 0. The molecule has 1 amide bonds. The molecule has 5 nitrogen and oxygen atoms in total. The topological polar surface area (TPSA) is 75.6 Å². The summed E-state index contributed by atoms with van der Waals surface area (Å²) in [4.78, 5) is 14.7. The van der Waals surface area contributed by atoms with Crippen LogP contribution in [-0.2, 0) is 4.79 Å². The molecule has 0 radical (unpaired) electrons. The van der Waals surface area contributed by atoms with Crippen molar-refractivity contribution in [3.8, 4) is 0 Å². The first-order valence-electron chi connectivity index (χ1n) is 4.91. The van der Waals surface area contributed by atoms with Crippen LogP contribution in [-0.4, -0.2) is 62.5 Å². The molecule has 0 heterocycles. The lowest BCUT2D eigenvalue weighted by Gasteiger charge is -2.18. The summed E-state index contributed by atoms with van der Waals surface area (Å²) in [6.07, 6.45) is 1.03. The van der Waals surface area contributed by atoms with Crippen LogP contribution < -0.4 is 11.5 Å². The van der Waals surface area contributed by atoms with Gasteiger partial charge in [-0.3, -0.25) is 9.69 Å². The highest BCUT2D eigenvalue weighted by molar-refractivity contribution is 5.75. The van der Waals surface area contributed by atoms with Crippen molar-refractivity contribution >= 4 is 5.91 Å². The molecular weight excluding hydrogens is 180 g/mol. The van der Waals surface area contributed by atoms with Crippen molar-refractivity contribution in [1.82, 2.24) is 9.80 Å². The number of primary amides is 1. The number of carbonyl (C=O) groups is 1. The van der Waals surface area contributed by atoms with Gasteiger partial charge in [-0.25, -0.2) is 0 Å². The smallest absolute Gasteiger partial charge is 0.231 e. The van der Waals surface area contributed by atoms with Gasteiger partial charge in [0.1, 0.15) is 0 Å². The van der Waals surface area contributed by atoms with Gasteiger partial charge in [0.25, 0.3) is 0 Å². The van der Waals surface area contributed by atoms with Gasteiger partial charge in [0.05, 0.1) is 6.54 Å². The van der Waals surface area contributed by atoms with Gasteiger partial charge in [-0.05, 0) is 33.6 Å². The molecule has 5 heteroatoms. The van der Waals surface area contributed by atoms with E-state index in [9.17, 15) is 4.79 Å². The number of likely N-dealkylation sites (N-methyl/N-ethyl adjacent to an activating group) is 2. The van der Waals surface area contributed by atoms with Gasteiger partial charge < -0.3 is 16.4 Å². The van der Waals surface area contributed by atoms with Crippen molar-refractivity contribution in [1.29, 1.82) is 0 Å². The van der Waals surface area contributed by atoms with E-state index in [1.54, 1.807) is 0 Å². The number of carbonyl (C=O) groups excluding carboxylic acids is 1. The molecule has 84 valence electrons. The Bertz CT molecular complexity index is 163. The summed E-state index contributed by atoms with van der Waals surface area (Å²) in [6.45, 7) is 3.83. The molecule has 0 spiro atoms. The molecule has 0 aromatic carbocycles. The molecule has 0 rings (SSSR count). The third-order valence-electron chi connectivity index (χ3n) is 2.02. The van der Waals surface area contributed by atoms with Crippen LogP contribution in [0.25, 0.3) is 0 Å². The van der Waals surface area contributed by atoms with Crippen molar-refractivity contribution in [2.45, 2.75) is 6.42 Å². The first-order chi connectivity index (χ1) is 6.56. The minimum atomic E-state index is -0.275. The van der Waals surface area contributed by atoms with Gasteiger partial charge in [0.2, 0.25) is 5.91 Å². The Balaban J connectivity index is 3.38. The lowest BCUT2D eigenvalue weighted by Crippen LogP contribution is -2.33. The quantitative estimate of drug-likeness (QED) is 0.512. The zero-order chi connectivity index (χ0) is 11.0. The van der Waals surface area contributed by atoms with E-state index < -0.39 is 0 Å². The van der Waals surface area contributed by atoms with E-state index in [1.807, 2.05) is 19.0 Å². The van der Waals surface area contributed by atoms with Gasteiger partial charge in [-0.2, -0.15) is 0 Å². The number of rotatable bonds is 8. The Labute approximate surface area is 86.0 Å². The second-order valence-electron chi connectivity index (χ2n) is 3.65. The summed E-state index contributed by atoms with van der Waals surface area (Å²) >= 11 is 0. The molecule has 0 aromatic rings. The molecule has 0 fully saturated rings. The lowest BCUT2D eigenvalue weighted by molar-refractivity contribution is -0.118. The zero-order valence-electron chi connectivity index (χ0n) is 9.20. The van der Waals surface area contributed by atoms with Gasteiger partial charge >= 0.3 is 0 Å². The number of nitrogens with two attached hydrogens (primary N) is 2. The van der Waals surface area contributed by atoms with E-state index in [0.717, 1.165) is 26.1 Å². The zero-order valence-corrected chi connectivity index (χ0v) is 9.20. The molecule has 0 saturated carbocycles. The Morgan fingerprint density at radius 3 is 2.21 bits per heavy atom. The van der Waals surface area contributed by atoms with Crippen molar-refractivity contribution in [3.05, 3.63) is 0 Å². The van der Waals surface area contributed by atoms with Crippen LogP contribution in [0.5, 0.6) is 0 Å². The Morgan fingerprint density at radius 2 is 1.71 bits per heavy atom. The first-order valence-corrected chi connectivity index (χ1v) is 4.91. The third-order valence-corrected chi connectivity index (χ3v) is 2.02.